The number of ether oxygens (including phenoxy) is 2. The zero-order chi connectivity index (χ0) is 20.1. The molecule has 2 aliphatic rings. The van der Waals surface area contributed by atoms with Crippen molar-refractivity contribution in [2.45, 2.75) is 29.8 Å². The predicted molar refractivity (Wildman–Crippen MR) is 101 cm³/mol. The van der Waals surface area contributed by atoms with Gasteiger partial charge in [0.05, 0.1) is 17.1 Å². The second-order valence-electron chi connectivity index (χ2n) is 7.00. The number of nitrogens with zero attached hydrogens (tertiary/aromatic N) is 2. The summed E-state index contributed by atoms with van der Waals surface area (Å²) in [6.07, 6.45) is 2.18. The predicted octanol–water partition coefficient (Wildman–Crippen LogP) is 1.05. The van der Waals surface area contributed by atoms with E-state index in [0.717, 1.165) is 24.3 Å². The minimum Gasteiger partial charge on any atom is -0.493 e. The maximum Gasteiger partial charge on any atom is 0.290 e. The second-order valence-corrected chi connectivity index (χ2v) is 8.94. The Morgan fingerprint density at radius 1 is 1.33 bits per heavy atom. The van der Waals surface area contributed by atoms with E-state index in [1.807, 2.05) is 14.1 Å². The fourth-order valence-corrected chi connectivity index (χ4v) is 5.10. The minimum absolute atomic E-state index is 0.250. The summed E-state index contributed by atoms with van der Waals surface area (Å²) in [6.45, 7) is 2.15. The molecule has 0 radical (unpaired) electrons. The van der Waals surface area contributed by atoms with Gasteiger partial charge in [-0.05, 0) is 50.7 Å². The number of methoxy groups -OCH3 is 1. The topological polar surface area (TPSA) is 96.4 Å². The fourth-order valence-electron chi connectivity index (χ4n) is 3.61. The number of hydrogen-bond acceptors (Lipinski definition) is 6. The molecule has 2 heterocycles. The lowest BCUT2D eigenvalue weighted by molar-refractivity contribution is -0.122. The van der Waals surface area contributed by atoms with E-state index in [1.54, 1.807) is 29.6 Å². The van der Waals surface area contributed by atoms with E-state index in [9.17, 15) is 8.42 Å². The number of piperidine rings is 1. The summed E-state index contributed by atoms with van der Waals surface area (Å²) in [5, 5.41) is 6.89. The van der Waals surface area contributed by atoms with Gasteiger partial charge in [-0.3, -0.25) is 4.79 Å². The smallest absolute Gasteiger partial charge is 0.290 e. The van der Waals surface area contributed by atoms with E-state index in [4.69, 9.17) is 19.4 Å². The molecule has 8 nitrogen and oxygen atoms in total. The highest BCUT2D eigenvalue weighted by atomic mass is 32.2. The molecule has 0 atom stereocenters. The van der Waals surface area contributed by atoms with Gasteiger partial charge in [-0.15, -0.1) is 0 Å². The van der Waals surface area contributed by atoms with Crippen LogP contribution in [0, 0.1) is 0 Å². The van der Waals surface area contributed by atoms with Gasteiger partial charge in [0.2, 0.25) is 10.0 Å². The largest absolute Gasteiger partial charge is 0.493 e. The lowest BCUT2D eigenvalue weighted by Crippen LogP contribution is -2.52. The molecule has 0 bridgehead atoms. The summed E-state index contributed by atoms with van der Waals surface area (Å²) < 4.78 is 38.7. The zero-order valence-electron chi connectivity index (χ0n) is 16.1. The number of fused-ring (bicyclic) bond motifs is 1. The van der Waals surface area contributed by atoms with Crippen molar-refractivity contribution in [3.63, 3.8) is 0 Å². The van der Waals surface area contributed by atoms with Gasteiger partial charge in [-0.25, -0.2) is 8.42 Å². The zero-order valence-corrected chi connectivity index (χ0v) is 16.9. The SMILES string of the molecule is COC1(CN(C)C)CCN(S(=O)(=O)c2ccc3c(c2)CCO3)CC1.O=CO. The molecule has 27 heavy (non-hydrogen) atoms. The maximum atomic E-state index is 12.9. The van der Waals surface area contributed by atoms with E-state index in [0.29, 0.717) is 37.4 Å². The monoisotopic (exact) mass is 400 g/mol. The van der Waals surface area contributed by atoms with Crippen molar-refractivity contribution in [3.8, 4) is 5.75 Å². The molecule has 0 saturated carbocycles. The summed E-state index contributed by atoms with van der Waals surface area (Å²) in [5.41, 5.74) is 0.716. The van der Waals surface area contributed by atoms with Gasteiger partial charge in [0.15, 0.2) is 0 Å². The molecule has 1 saturated heterocycles. The number of hydrogen-bond donors (Lipinski definition) is 1. The number of rotatable bonds is 5. The highest BCUT2D eigenvalue weighted by molar-refractivity contribution is 7.89. The van der Waals surface area contributed by atoms with Gasteiger partial charge in [0.25, 0.3) is 6.47 Å². The van der Waals surface area contributed by atoms with Crippen LogP contribution in [0.4, 0.5) is 0 Å². The molecule has 1 aromatic carbocycles. The summed E-state index contributed by atoms with van der Waals surface area (Å²) in [6, 6.07) is 5.18. The quantitative estimate of drug-likeness (QED) is 0.738. The third kappa shape index (κ3) is 4.98. The highest BCUT2D eigenvalue weighted by Crippen LogP contribution is 2.32. The van der Waals surface area contributed by atoms with Crippen molar-refractivity contribution >= 4 is 16.5 Å². The Labute approximate surface area is 160 Å². The van der Waals surface area contributed by atoms with Crippen LogP contribution in [0.15, 0.2) is 23.1 Å². The first-order chi connectivity index (χ1) is 12.8. The van der Waals surface area contributed by atoms with Crippen LogP contribution >= 0.6 is 0 Å². The molecule has 2 aliphatic heterocycles. The minimum atomic E-state index is -3.46. The first kappa shape index (κ1) is 21.6. The van der Waals surface area contributed by atoms with Crippen LogP contribution < -0.4 is 4.74 Å². The lowest BCUT2D eigenvalue weighted by Gasteiger charge is -2.41. The van der Waals surface area contributed by atoms with Gasteiger partial charge in [0.1, 0.15) is 5.75 Å². The van der Waals surface area contributed by atoms with Crippen LogP contribution in [0.5, 0.6) is 5.75 Å². The van der Waals surface area contributed by atoms with Crippen LogP contribution in [0.3, 0.4) is 0 Å². The Morgan fingerprint density at radius 3 is 2.52 bits per heavy atom. The maximum absolute atomic E-state index is 12.9. The van der Waals surface area contributed by atoms with Crippen molar-refractivity contribution in [1.29, 1.82) is 0 Å². The third-order valence-corrected chi connectivity index (χ3v) is 6.86. The first-order valence-corrected chi connectivity index (χ1v) is 10.3. The number of carboxylic acid groups (broad SMARTS) is 1. The Kier molecular flexibility index (Phi) is 7.21. The average Bonchev–Trinajstić information content (AvgIpc) is 3.10. The molecule has 152 valence electrons. The van der Waals surface area contributed by atoms with Crippen LogP contribution in [-0.4, -0.2) is 82.2 Å². The van der Waals surface area contributed by atoms with Crippen LogP contribution in [0.2, 0.25) is 0 Å². The van der Waals surface area contributed by atoms with Crippen LogP contribution in [0.25, 0.3) is 0 Å². The van der Waals surface area contributed by atoms with Crippen molar-refractivity contribution in [2.75, 3.05) is 47.4 Å². The molecule has 9 heteroatoms. The lowest BCUT2D eigenvalue weighted by atomic mass is 9.91. The summed E-state index contributed by atoms with van der Waals surface area (Å²) in [5.74, 6) is 0.803. The molecule has 1 N–H and O–H groups in total. The van der Waals surface area contributed by atoms with E-state index in [1.165, 1.54) is 0 Å². The standard InChI is InChI=1S/C17H26N2O4S.CH2O2/c1-18(2)13-17(22-3)7-9-19(10-8-17)24(20,21)15-4-5-16-14(12-15)6-11-23-16;2-1-3/h4-5,12H,6-11,13H2,1-3H3;1H,(H,2,3). The van der Waals surface area contributed by atoms with Crippen LogP contribution in [0.1, 0.15) is 18.4 Å². The van der Waals surface area contributed by atoms with E-state index in [2.05, 4.69) is 4.90 Å². The molecule has 0 unspecified atom stereocenters. The molecular weight excluding hydrogens is 372 g/mol. The van der Waals surface area contributed by atoms with Gasteiger partial charge in [0, 0.05) is 33.2 Å². The van der Waals surface area contributed by atoms with E-state index < -0.39 is 10.0 Å². The average molecular weight is 400 g/mol. The molecule has 1 aromatic rings. The Bertz CT molecular complexity index is 742. The molecule has 1 fully saturated rings. The summed E-state index contributed by atoms with van der Waals surface area (Å²) >= 11 is 0. The van der Waals surface area contributed by atoms with Gasteiger partial charge in [-0.2, -0.15) is 4.31 Å². The molecule has 0 aliphatic carbocycles. The third-order valence-electron chi connectivity index (χ3n) is 4.97. The summed E-state index contributed by atoms with van der Waals surface area (Å²) in [7, 11) is 2.28. The van der Waals surface area contributed by atoms with Crippen molar-refractivity contribution in [3.05, 3.63) is 23.8 Å². The molecule has 3 rings (SSSR count). The number of carbonyl (C=O) groups is 1. The van der Waals surface area contributed by atoms with Gasteiger partial charge >= 0.3 is 0 Å². The molecule has 0 spiro atoms. The Hall–Kier alpha value is -1.68. The second kappa shape index (κ2) is 9.01. The molecule has 0 aromatic heterocycles. The molecule has 0 amide bonds. The molecular formula is C18H28N2O6S. The number of likely N-dealkylation sites (N-methyl/N-ethyl adjacent to an activating group) is 1. The number of sulfonamides is 1. The van der Waals surface area contributed by atoms with E-state index >= 15 is 0 Å². The van der Waals surface area contributed by atoms with Crippen molar-refractivity contribution in [1.82, 2.24) is 9.21 Å². The van der Waals surface area contributed by atoms with E-state index in [-0.39, 0.29) is 12.1 Å². The first-order valence-electron chi connectivity index (χ1n) is 8.81. The van der Waals surface area contributed by atoms with Crippen LogP contribution in [-0.2, 0) is 26.0 Å². The van der Waals surface area contributed by atoms with Gasteiger partial charge in [-0.1, -0.05) is 0 Å². The van der Waals surface area contributed by atoms with Crippen molar-refractivity contribution < 1.29 is 27.8 Å². The Balaban J connectivity index is 0.000000817. The number of benzene rings is 1. The van der Waals surface area contributed by atoms with Crippen molar-refractivity contribution in [2.24, 2.45) is 0 Å². The normalized spacial score (nSPS) is 19.0. The highest BCUT2D eigenvalue weighted by Gasteiger charge is 2.39. The fraction of sp³-hybridized carbons (Fsp3) is 0.611. The Morgan fingerprint density at radius 2 is 1.96 bits per heavy atom. The summed E-state index contributed by atoms with van der Waals surface area (Å²) in [4.78, 5) is 10.8. The van der Waals surface area contributed by atoms with Gasteiger partial charge < -0.3 is 19.5 Å².